The summed E-state index contributed by atoms with van der Waals surface area (Å²) in [5.74, 6) is 1.55. The highest BCUT2D eigenvalue weighted by atomic mass is 35.5. The Labute approximate surface area is 96.0 Å². The highest BCUT2D eigenvalue weighted by Gasteiger charge is 2.05. The zero-order valence-electron chi connectivity index (χ0n) is 9.57. The van der Waals surface area contributed by atoms with Crippen LogP contribution < -0.4 is 5.32 Å². The topological polar surface area (TPSA) is 42.7 Å². The summed E-state index contributed by atoms with van der Waals surface area (Å²) in [6.45, 7) is 8.72. The van der Waals surface area contributed by atoms with Crippen molar-refractivity contribution in [2.45, 2.75) is 39.2 Å². The third kappa shape index (κ3) is 4.62. The van der Waals surface area contributed by atoms with Crippen molar-refractivity contribution in [2.24, 2.45) is 5.92 Å². The van der Waals surface area contributed by atoms with Crippen molar-refractivity contribution in [1.82, 2.24) is 20.1 Å². The highest BCUT2D eigenvalue weighted by molar-refractivity contribution is 6.20. The van der Waals surface area contributed by atoms with Gasteiger partial charge in [0.25, 0.3) is 0 Å². The fourth-order valence-corrected chi connectivity index (χ4v) is 1.42. The molecule has 4 nitrogen and oxygen atoms in total. The summed E-state index contributed by atoms with van der Waals surface area (Å²) in [5.41, 5.74) is 0. The molecule has 0 saturated heterocycles. The summed E-state index contributed by atoms with van der Waals surface area (Å²) in [7, 11) is 0. The predicted octanol–water partition coefficient (Wildman–Crippen LogP) is 1.65. The van der Waals surface area contributed by atoms with Gasteiger partial charge in [-0.25, -0.2) is 9.67 Å². The van der Waals surface area contributed by atoms with Gasteiger partial charge < -0.3 is 5.32 Å². The van der Waals surface area contributed by atoms with Crippen molar-refractivity contribution in [2.75, 3.05) is 6.54 Å². The molecule has 1 unspecified atom stereocenters. The second-order valence-corrected chi connectivity index (χ2v) is 4.91. The van der Waals surface area contributed by atoms with Gasteiger partial charge in [-0.3, -0.25) is 0 Å². The third-order valence-electron chi connectivity index (χ3n) is 1.94. The summed E-state index contributed by atoms with van der Waals surface area (Å²) >= 11 is 5.84. The molecule has 1 N–H and O–H groups in total. The van der Waals surface area contributed by atoms with Gasteiger partial charge in [-0.2, -0.15) is 5.10 Å². The average Bonchev–Trinajstić information content (AvgIpc) is 2.51. The summed E-state index contributed by atoms with van der Waals surface area (Å²) in [6.07, 6.45) is 1.60. The largest absolute Gasteiger partial charge is 0.308 e. The molecular formula is C10H19ClN4. The molecule has 0 aliphatic carbocycles. The van der Waals surface area contributed by atoms with Gasteiger partial charge in [0, 0.05) is 18.5 Å². The van der Waals surface area contributed by atoms with Gasteiger partial charge in [0.1, 0.15) is 12.2 Å². The molecule has 1 aromatic heterocycles. The molecule has 86 valence electrons. The minimum Gasteiger partial charge on any atom is -0.308 e. The zero-order valence-corrected chi connectivity index (χ0v) is 10.3. The Morgan fingerprint density at radius 3 is 2.80 bits per heavy atom. The Morgan fingerprint density at radius 2 is 2.20 bits per heavy atom. The summed E-state index contributed by atoms with van der Waals surface area (Å²) < 4.78 is 1.94. The first-order valence-corrected chi connectivity index (χ1v) is 5.74. The molecule has 15 heavy (non-hydrogen) atoms. The number of alkyl halides is 1. The van der Waals surface area contributed by atoms with Crippen LogP contribution in [0.1, 0.15) is 26.6 Å². The van der Waals surface area contributed by atoms with Crippen LogP contribution in [0.4, 0.5) is 0 Å². The van der Waals surface area contributed by atoms with Crippen LogP contribution >= 0.6 is 11.6 Å². The minimum atomic E-state index is 0.145. The van der Waals surface area contributed by atoms with Crippen LogP contribution in [0.25, 0.3) is 0 Å². The van der Waals surface area contributed by atoms with E-state index in [1.54, 1.807) is 6.33 Å². The van der Waals surface area contributed by atoms with Gasteiger partial charge in [0.05, 0.1) is 6.54 Å². The SMILES string of the molecule is CC(C)Cn1ncnc1CNCC(C)Cl. The number of hydrogen-bond donors (Lipinski definition) is 1. The predicted molar refractivity (Wildman–Crippen MR) is 61.9 cm³/mol. The van der Waals surface area contributed by atoms with Crippen molar-refractivity contribution in [3.8, 4) is 0 Å². The molecule has 1 atom stereocenters. The van der Waals surface area contributed by atoms with E-state index >= 15 is 0 Å². The molecule has 1 aromatic rings. The number of rotatable bonds is 6. The summed E-state index contributed by atoms with van der Waals surface area (Å²) in [5, 5.41) is 7.58. The summed E-state index contributed by atoms with van der Waals surface area (Å²) in [4.78, 5) is 4.21. The second kappa shape index (κ2) is 6.08. The first-order valence-electron chi connectivity index (χ1n) is 5.31. The van der Waals surface area contributed by atoms with Crippen LogP contribution in [0.15, 0.2) is 6.33 Å². The molecule has 0 aliphatic rings. The van der Waals surface area contributed by atoms with Crippen molar-refractivity contribution in [1.29, 1.82) is 0 Å². The first-order chi connectivity index (χ1) is 7.09. The number of nitrogens with one attached hydrogen (secondary N) is 1. The van der Waals surface area contributed by atoms with Crippen molar-refractivity contribution in [3.05, 3.63) is 12.2 Å². The van der Waals surface area contributed by atoms with Crippen LogP contribution in [-0.4, -0.2) is 26.7 Å². The maximum Gasteiger partial charge on any atom is 0.140 e. The normalized spacial score (nSPS) is 13.4. The van der Waals surface area contributed by atoms with E-state index in [1.807, 2.05) is 11.6 Å². The number of halogens is 1. The molecule has 0 aromatic carbocycles. The molecule has 1 heterocycles. The standard InChI is InChI=1S/C10H19ClN4/c1-8(2)6-15-10(13-7-14-15)5-12-4-9(3)11/h7-9,12H,4-6H2,1-3H3. The second-order valence-electron chi connectivity index (χ2n) is 4.16. The van der Waals surface area contributed by atoms with Gasteiger partial charge in [0.2, 0.25) is 0 Å². The van der Waals surface area contributed by atoms with Gasteiger partial charge in [-0.1, -0.05) is 13.8 Å². The van der Waals surface area contributed by atoms with Crippen molar-refractivity contribution >= 4 is 11.6 Å². The van der Waals surface area contributed by atoms with E-state index in [1.165, 1.54) is 0 Å². The molecule has 0 aliphatic heterocycles. The maximum absolute atomic E-state index is 5.84. The molecule has 0 bridgehead atoms. The molecule has 1 rings (SSSR count). The summed E-state index contributed by atoms with van der Waals surface area (Å²) in [6, 6.07) is 0. The minimum absolute atomic E-state index is 0.145. The molecule has 5 heteroatoms. The zero-order chi connectivity index (χ0) is 11.3. The lowest BCUT2D eigenvalue weighted by atomic mass is 10.2. The van der Waals surface area contributed by atoms with Crippen LogP contribution in [-0.2, 0) is 13.1 Å². The van der Waals surface area contributed by atoms with Gasteiger partial charge in [0.15, 0.2) is 0 Å². The monoisotopic (exact) mass is 230 g/mol. The van der Waals surface area contributed by atoms with Gasteiger partial charge >= 0.3 is 0 Å². The number of aromatic nitrogens is 3. The molecule has 0 spiro atoms. The Morgan fingerprint density at radius 1 is 1.47 bits per heavy atom. The van der Waals surface area contributed by atoms with Crippen LogP contribution in [0.2, 0.25) is 0 Å². The maximum atomic E-state index is 5.84. The van der Waals surface area contributed by atoms with E-state index in [4.69, 9.17) is 11.6 Å². The first kappa shape index (κ1) is 12.5. The van der Waals surface area contributed by atoms with E-state index in [0.29, 0.717) is 5.92 Å². The smallest absolute Gasteiger partial charge is 0.140 e. The van der Waals surface area contributed by atoms with E-state index in [2.05, 4.69) is 29.2 Å². The molecule has 0 saturated carbocycles. The van der Waals surface area contributed by atoms with Crippen molar-refractivity contribution in [3.63, 3.8) is 0 Å². The van der Waals surface area contributed by atoms with Gasteiger partial charge in [-0.05, 0) is 12.8 Å². The average molecular weight is 231 g/mol. The molecule has 0 radical (unpaired) electrons. The van der Waals surface area contributed by atoms with E-state index < -0.39 is 0 Å². The lowest BCUT2D eigenvalue weighted by molar-refractivity contribution is 0.458. The van der Waals surface area contributed by atoms with Gasteiger partial charge in [-0.15, -0.1) is 11.6 Å². The molecule has 0 fully saturated rings. The molecular weight excluding hydrogens is 212 g/mol. The Bertz CT molecular complexity index is 283. The van der Waals surface area contributed by atoms with E-state index in [-0.39, 0.29) is 5.38 Å². The number of nitrogens with zero attached hydrogens (tertiary/aromatic N) is 3. The van der Waals surface area contributed by atoms with Crippen LogP contribution in [0, 0.1) is 5.92 Å². The van der Waals surface area contributed by atoms with Crippen LogP contribution in [0.5, 0.6) is 0 Å². The number of hydrogen-bond acceptors (Lipinski definition) is 3. The lowest BCUT2D eigenvalue weighted by Gasteiger charge is -2.09. The molecule has 0 amide bonds. The lowest BCUT2D eigenvalue weighted by Crippen LogP contribution is -2.23. The van der Waals surface area contributed by atoms with Crippen LogP contribution in [0.3, 0.4) is 0 Å². The highest BCUT2D eigenvalue weighted by Crippen LogP contribution is 2.01. The quantitative estimate of drug-likeness (QED) is 0.756. The van der Waals surface area contributed by atoms with E-state index in [9.17, 15) is 0 Å². The Balaban J connectivity index is 2.43. The Kier molecular flexibility index (Phi) is 5.05. The third-order valence-corrected chi connectivity index (χ3v) is 2.10. The fraction of sp³-hybridized carbons (Fsp3) is 0.800. The fourth-order valence-electron chi connectivity index (χ4n) is 1.31. The van der Waals surface area contributed by atoms with E-state index in [0.717, 1.165) is 25.5 Å². The Hall–Kier alpha value is -0.610. The van der Waals surface area contributed by atoms with Crippen molar-refractivity contribution < 1.29 is 0 Å².